The molecule has 0 radical (unpaired) electrons. The van der Waals surface area contributed by atoms with Gasteiger partial charge in [0.1, 0.15) is 17.0 Å². The Hall–Kier alpha value is -3.67. The number of aliphatic hydroxyl groups excluding tert-OH is 1. The number of rotatable bonds is 6. The second-order valence-electron chi connectivity index (χ2n) is 6.08. The van der Waals surface area contributed by atoms with Crippen molar-refractivity contribution in [1.82, 2.24) is 24.9 Å². The van der Waals surface area contributed by atoms with Gasteiger partial charge in [0.25, 0.3) is 11.5 Å². The predicted molar refractivity (Wildman–Crippen MR) is 98.1 cm³/mol. The molecule has 3 aromatic rings. The van der Waals surface area contributed by atoms with E-state index in [4.69, 9.17) is 5.11 Å². The number of aliphatic hydroxyl groups is 1. The number of aryl methyl sites for hydroxylation is 1. The van der Waals surface area contributed by atoms with E-state index in [2.05, 4.69) is 20.3 Å². The zero-order chi connectivity index (χ0) is 21.9. The third-order valence-corrected chi connectivity index (χ3v) is 3.87. The Bertz CT molecular complexity index is 1110. The topological polar surface area (TPSA) is 111 Å². The minimum absolute atomic E-state index is 0.0632. The molecular weight excluding hydrogens is 407 g/mol. The summed E-state index contributed by atoms with van der Waals surface area (Å²) in [7, 11) is 1.63. The fraction of sp³-hybridized carbons (Fsp3) is 0.222. The van der Waals surface area contributed by atoms with Crippen molar-refractivity contribution in [3.05, 3.63) is 58.6 Å². The highest BCUT2D eigenvalue weighted by atomic mass is 19.4. The Morgan fingerprint density at radius 2 is 1.97 bits per heavy atom. The van der Waals surface area contributed by atoms with Crippen LogP contribution in [0.1, 0.15) is 10.4 Å². The van der Waals surface area contributed by atoms with Crippen LogP contribution in [0.2, 0.25) is 0 Å². The first kappa shape index (κ1) is 21.0. The molecule has 2 aromatic heterocycles. The van der Waals surface area contributed by atoms with E-state index in [0.717, 1.165) is 16.8 Å². The summed E-state index contributed by atoms with van der Waals surface area (Å²) in [5.74, 6) is -1.15. The van der Waals surface area contributed by atoms with Gasteiger partial charge in [-0.25, -0.2) is 0 Å². The highest BCUT2D eigenvalue weighted by Gasteiger charge is 2.31. The van der Waals surface area contributed by atoms with Crippen LogP contribution in [0.3, 0.4) is 0 Å². The molecule has 9 nitrogen and oxygen atoms in total. The number of carbonyl (C=O) groups excluding carboxylic acids is 1. The van der Waals surface area contributed by atoms with Crippen molar-refractivity contribution in [1.29, 1.82) is 0 Å². The number of nitrogens with zero attached hydrogens (tertiary/aromatic N) is 4. The first-order chi connectivity index (χ1) is 14.2. The summed E-state index contributed by atoms with van der Waals surface area (Å²) >= 11 is 0. The minimum Gasteiger partial charge on any atom is -0.406 e. The third kappa shape index (κ3) is 4.84. The van der Waals surface area contributed by atoms with Gasteiger partial charge in [0, 0.05) is 19.2 Å². The molecule has 0 spiro atoms. The van der Waals surface area contributed by atoms with Gasteiger partial charge in [-0.1, -0.05) is 0 Å². The molecule has 2 heterocycles. The number of carbonyl (C=O) groups is 1. The Kier molecular flexibility index (Phi) is 5.87. The zero-order valence-electron chi connectivity index (χ0n) is 15.6. The summed E-state index contributed by atoms with van der Waals surface area (Å²) in [5.41, 5.74) is -0.186. The maximum Gasteiger partial charge on any atom is 0.573 e. The van der Waals surface area contributed by atoms with E-state index in [1.807, 2.05) is 0 Å². The van der Waals surface area contributed by atoms with Crippen molar-refractivity contribution < 1.29 is 27.8 Å². The lowest BCUT2D eigenvalue weighted by molar-refractivity contribution is -0.274. The summed E-state index contributed by atoms with van der Waals surface area (Å²) in [6.07, 6.45) is -1.95. The van der Waals surface area contributed by atoms with Gasteiger partial charge in [-0.3, -0.25) is 14.3 Å². The highest BCUT2D eigenvalue weighted by molar-refractivity contribution is 5.94. The van der Waals surface area contributed by atoms with Gasteiger partial charge in [-0.05, 0) is 30.3 Å². The average Bonchev–Trinajstić information content (AvgIpc) is 3.12. The van der Waals surface area contributed by atoms with Crippen LogP contribution in [0, 0.1) is 0 Å². The molecule has 0 aliphatic carbocycles. The largest absolute Gasteiger partial charge is 0.573 e. The van der Waals surface area contributed by atoms with Crippen LogP contribution >= 0.6 is 0 Å². The lowest BCUT2D eigenvalue weighted by Gasteiger charge is -2.11. The summed E-state index contributed by atoms with van der Waals surface area (Å²) in [5, 5.41) is 19.5. The smallest absolute Gasteiger partial charge is 0.406 e. The van der Waals surface area contributed by atoms with E-state index in [9.17, 15) is 22.8 Å². The molecule has 0 aliphatic heterocycles. The number of hydrogen-bond acceptors (Lipinski definition) is 6. The number of nitrogens with one attached hydrogen (secondary N) is 1. The molecule has 1 aromatic carbocycles. The molecule has 0 saturated heterocycles. The Morgan fingerprint density at radius 3 is 2.53 bits per heavy atom. The first-order valence-electron chi connectivity index (χ1n) is 8.56. The van der Waals surface area contributed by atoms with Gasteiger partial charge in [-0.15, -0.1) is 13.2 Å². The zero-order valence-corrected chi connectivity index (χ0v) is 15.6. The molecule has 1 amide bonds. The van der Waals surface area contributed by atoms with E-state index in [-0.39, 0.29) is 30.1 Å². The number of amides is 1. The lowest BCUT2D eigenvalue weighted by Crippen LogP contribution is -2.35. The number of halogens is 3. The number of ether oxygens (including phenoxy) is 1. The molecule has 0 saturated carbocycles. The van der Waals surface area contributed by atoms with Gasteiger partial charge < -0.3 is 15.2 Å². The molecule has 0 aliphatic rings. The number of hydrogen-bond donors (Lipinski definition) is 2. The maximum atomic E-state index is 12.8. The van der Waals surface area contributed by atoms with Crippen LogP contribution in [-0.4, -0.2) is 50.1 Å². The van der Waals surface area contributed by atoms with Gasteiger partial charge in [0.2, 0.25) is 0 Å². The molecule has 0 bridgehead atoms. The first-order valence-corrected chi connectivity index (χ1v) is 8.56. The van der Waals surface area contributed by atoms with E-state index >= 15 is 0 Å². The van der Waals surface area contributed by atoms with Crippen molar-refractivity contribution in [2.45, 2.75) is 6.36 Å². The van der Waals surface area contributed by atoms with Crippen LogP contribution in [0.25, 0.3) is 16.9 Å². The predicted octanol–water partition coefficient (Wildman–Crippen LogP) is 1.25. The fourth-order valence-corrected chi connectivity index (χ4v) is 2.58. The second-order valence-corrected chi connectivity index (χ2v) is 6.08. The van der Waals surface area contributed by atoms with Gasteiger partial charge >= 0.3 is 6.36 Å². The SMILES string of the molecule is Cn1cc(-n2nc(-c3ccc(OC(F)(F)F)cc3)cc(C(=O)NCCO)c2=O)cn1. The third-order valence-electron chi connectivity index (χ3n) is 3.87. The minimum atomic E-state index is -4.83. The van der Waals surface area contributed by atoms with Crippen LogP contribution in [0.5, 0.6) is 5.75 Å². The van der Waals surface area contributed by atoms with Crippen LogP contribution < -0.4 is 15.6 Å². The Balaban J connectivity index is 2.07. The monoisotopic (exact) mass is 423 g/mol. The molecular formula is C18H16F3N5O4. The molecule has 0 unspecified atom stereocenters. The lowest BCUT2D eigenvalue weighted by atomic mass is 10.1. The average molecular weight is 423 g/mol. The number of aromatic nitrogens is 4. The van der Waals surface area contributed by atoms with Crippen LogP contribution in [0.15, 0.2) is 47.5 Å². The van der Waals surface area contributed by atoms with Crippen molar-refractivity contribution in [2.75, 3.05) is 13.2 Å². The van der Waals surface area contributed by atoms with Crippen molar-refractivity contribution in [2.24, 2.45) is 7.05 Å². The highest BCUT2D eigenvalue weighted by Crippen LogP contribution is 2.26. The van der Waals surface area contributed by atoms with Gasteiger partial charge in [-0.2, -0.15) is 14.9 Å². The molecule has 12 heteroatoms. The van der Waals surface area contributed by atoms with Gasteiger partial charge in [0.05, 0.1) is 24.7 Å². The van der Waals surface area contributed by atoms with Crippen molar-refractivity contribution in [3.63, 3.8) is 0 Å². The second kappa shape index (κ2) is 8.37. The summed E-state index contributed by atoms with van der Waals surface area (Å²) in [4.78, 5) is 25.2. The molecule has 0 fully saturated rings. The number of alkyl halides is 3. The summed E-state index contributed by atoms with van der Waals surface area (Å²) in [6.45, 7) is -0.382. The number of benzene rings is 1. The summed E-state index contributed by atoms with van der Waals surface area (Å²) < 4.78 is 43.3. The summed E-state index contributed by atoms with van der Waals surface area (Å²) in [6, 6.07) is 6.04. The van der Waals surface area contributed by atoms with Crippen molar-refractivity contribution >= 4 is 5.91 Å². The standard InChI is InChI=1S/C18H16F3N5O4/c1-25-10-12(9-23-25)26-17(29)14(16(28)22-6-7-27)8-15(24-26)11-2-4-13(5-3-11)30-18(19,20)21/h2-5,8-10,27H,6-7H2,1H3,(H,22,28). The molecule has 0 atom stereocenters. The van der Waals surface area contributed by atoms with Crippen LogP contribution in [0.4, 0.5) is 13.2 Å². The van der Waals surface area contributed by atoms with Crippen molar-refractivity contribution in [3.8, 4) is 22.7 Å². The van der Waals surface area contributed by atoms with E-state index in [0.29, 0.717) is 5.56 Å². The van der Waals surface area contributed by atoms with Gasteiger partial charge in [0.15, 0.2) is 0 Å². The van der Waals surface area contributed by atoms with Crippen LogP contribution in [-0.2, 0) is 7.05 Å². The van der Waals surface area contributed by atoms with E-state index in [1.165, 1.54) is 35.3 Å². The van der Waals surface area contributed by atoms with E-state index < -0.39 is 23.6 Å². The maximum absolute atomic E-state index is 12.8. The molecule has 30 heavy (non-hydrogen) atoms. The molecule has 3 rings (SSSR count). The quantitative estimate of drug-likeness (QED) is 0.618. The Labute approximate surface area is 167 Å². The fourth-order valence-electron chi connectivity index (χ4n) is 2.58. The molecule has 158 valence electrons. The van der Waals surface area contributed by atoms with E-state index in [1.54, 1.807) is 7.05 Å². The molecule has 2 N–H and O–H groups in total. The Morgan fingerprint density at radius 1 is 1.27 bits per heavy atom. The normalized spacial score (nSPS) is 11.4.